The van der Waals surface area contributed by atoms with E-state index in [4.69, 9.17) is 22.2 Å². The summed E-state index contributed by atoms with van der Waals surface area (Å²) in [5.41, 5.74) is 9.09. The number of aliphatic carboxylic acids is 1. The van der Waals surface area contributed by atoms with E-state index < -0.39 is 12.0 Å². The highest BCUT2D eigenvalue weighted by atomic mass is 35.5. The van der Waals surface area contributed by atoms with Gasteiger partial charge >= 0.3 is 5.97 Å². The molecule has 1 amide bonds. The molecule has 0 radical (unpaired) electrons. The molecule has 1 aromatic carbocycles. The standard InChI is InChI=1S/C14H15ClN4O3/c15-11-3-1-10(2-4-11)12(6-14(21)22)19-8-9(5-13(19)20)7-17-18-16/h1-4,9,12H,5-8H2,(H,21,22). The minimum Gasteiger partial charge on any atom is -0.481 e. The van der Waals surface area contributed by atoms with Gasteiger partial charge in [0.05, 0.1) is 12.5 Å². The van der Waals surface area contributed by atoms with Crippen molar-refractivity contribution in [1.29, 1.82) is 0 Å². The Balaban J connectivity index is 2.21. The lowest BCUT2D eigenvalue weighted by molar-refractivity contribution is -0.139. The predicted molar refractivity (Wildman–Crippen MR) is 80.3 cm³/mol. The molecule has 22 heavy (non-hydrogen) atoms. The molecule has 1 saturated heterocycles. The van der Waals surface area contributed by atoms with E-state index in [1.165, 1.54) is 0 Å². The van der Waals surface area contributed by atoms with Gasteiger partial charge < -0.3 is 10.0 Å². The summed E-state index contributed by atoms with van der Waals surface area (Å²) in [6.07, 6.45) is 0.0876. The zero-order valence-electron chi connectivity index (χ0n) is 11.7. The van der Waals surface area contributed by atoms with Crippen molar-refractivity contribution in [3.63, 3.8) is 0 Å². The Morgan fingerprint density at radius 1 is 1.50 bits per heavy atom. The summed E-state index contributed by atoms with van der Waals surface area (Å²) < 4.78 is 0. The zero-order chi connectivity index (χ0) is 16.1. The number of carboxylic acids is 1. The lowest BCUT2D eigenvalue weighted by Crippen LogP contribution is -2.32. The van der Waals surface area contributed by atoms with Crippen molar-refractivity contribution in [1.82, 2.24) is 4.90 Å². The van der Waals surface area contributed by atoms with Crippen molar-refractivity contribution in [3.8, 4) is 0 Å². The molecule has 1 N–H and O–H groups in total. The molecule has 0 aromatic heterocycles. The van der Waals surface area contributed by atoms with E-state index in [9.17, 15) is 9.59 Å². The maximum atomic E-state index is 12.2. The van der Waals surface area contributed by atoms with Gasteiger partial charge in [0.1, 0.15) is 0 Å². The molecule has 1 fully saturated rings. The van der Waals surface area contributed by atoms with Crippen molar-refractivity contribution in [2.75, 3.05) is 13.1 Å². The third-order valence-corrected chi connectivity index (χ3v) is 3.89. The molecular formula is C14H15ClN4O3. The fourth-order valence-corrected chi connectivity index (χ4v) is 2.77. The van der Waals surface area contributed by atoms with Gasteiger partial charge in [-0.1, -0.05) is 28.8 Å². The van der Waals surface area contributed by atoms with Crippen LogP contribution in [0.2, 0.25) is 5.02 Å². The van der Waals surface area contributed by atoms with Crippen LogP contribution in [0.3, 0.4) is 0 Å². The number of amides is 1. The van der Waals surface area contributed by atoms with Crippen LogP contribution in [0.4, 0.5) is 0 Å². The van der Waals surface area contributed by atoms with E-state index in [0.29, 0.717) is 11.6 Å². The molecule has 0 bridgehead atoms. The number of nitrogens with zero attached hydrogens (tertiary/aromatic N) is 4. The van der Waals surface area contributed by atoms with E-state index in [-0.39, 0.29) is 31.2 Å². The summed E-state index contributed by atoms with van der Waals surface area (Å²) in [5, 5.41) is 13.2. The highest BCUT2D eigenvalue weighted by molar-refractivity contribution is 6.30. The number of azide groups is 1. The van der Waals surface area contributed by atoms with Crippen LogP contribution >= 0.6 is 11.6 Å². The highest BCUT2D eigenvalue weighted by Crippen LogP contribution is 2.32. The Kier molecular flexibility index (Phi) is 5.25. The normalized spacial score (nSPS) is 18.9. The summed E-state index contributed by atoms with van der Waals surface area (Å²) in [7, 11) is 0. The van der Waals surface area contributed by atoms with Crippen LogP contribution in [0.25, 0.3) is 10.4 Å². The van der Waals surface area contributed by atoms with Gasteiger partial charge in [-0.25, -0.2) is 0 Å². The Hall–Kier alpha value is -2.24. The van der Waals surface area contributed by atoms with Crippen molar-refractivity contribution in [2.24, 2.45) is 11.0 Å². The van der Waals surface area contributed by atoms with Gasteiger partial charge in [0.15, 0.2) is 0 Å². The van der Waals surface area contributed by atoms with Crippen molar-refractivity contribution in [2.45, 2.75) is 18.9 Å². The number of carboxylic acid groups (broad SMARTS) is 1. The topological polar surface area (TPSA) is 106 Å². The molecule has 0 aliphatic carbocycles. The van der Waals surface area contributed by atoms with E-state index in [0.717, 1.165) is 5.56 Å². The molecule has 0 spiro atoms. The second kappa shape index (κ2) is 7.15. The fourth-order valence-electron chi connectivity index (χ4n) is 2.64. The molecule has 0 saturated carbocycles. The second-order valence-corrected chi connectivity index (χ2v) is 5.63. The number of hydrogen-bond donors (Lipinski definition) is 1. The van der Waals surface area contributed by atoms with Crippen LogP contribution in [0, 0.1) is 5.92 Å². The monoisotopic (exact) mass is 322 g/mol. The van der Waals surface area contributed by atoms with E-state index in [1.54, 1.807) is 29.2 Å². The van der Waals surface area contributed by atoms with Crippen LogP contribution in [0.1, 0.15) is 24.4 Å². The van der Waals surface area contributed by atoms with Crippen LogP contribution in [-0.2, 0) is 9.59 Å². The average molecular weight is 323 g/mol. The van der Waals surface area contributed by atoms with Crippen LogP contribution in [-0.4, -0.2) is 35.0 Å². The Labute approximate surface area is 132 Å². The molecular weight excluding hydrogens is 308 g/mol. The number of likely N-dealkylation sites (tertiary alicyclic amines) is 1. The third kappa shape index (κ3) is 3.90. The van der Waals surface area contributed by atoms with Gasteiger partial charge in [-0.2, -0.15) is 0 Å². The third-order valence-electron chi connectivity index (χ3n) is 3.64. The molecule has 1 heterocycles. The quantitative estimate of drug-likeness (QED) is 0.494. The first-order chi connectivity index (χ1) is 10.5. The summed E-state index contributed by atoms with van der Waals surface area (Å²) in [4.78, 5) is 27.6. The first-order valence-corrected chi connectivity index (χ1v) is 7.16. The van der Waals surface area contributed by atoms with Gasteiger partial charge in [-0.15, -0.1) is 0 Å². The maximum Gasteiger partial charge on any atom is 0.305 e. The molecule has 2 unspecified atom stereocenters. The smallest absolute Gasteiger partial charge is 0.305 e. The molecule has 1 aromatic rings. The minimum atomic E-state index is -0.980. The van der Waals surface area contributed by atoms with Crippen LogP contribution < -0.4 is 0 Å². The Morgan fingerprint density at radius 3 is 2.77 bits per heavy atom. The lowest BCUT2D eigenvalue weighted by Gasteiger charge is -2.27. The first-order valence-electron chi connectivity index (χ1n) is 6.79. The maximum absolute atomic E-state index is 12.2. The summed E-state index contributed by atoms with van der Waals surface area (Å²) in [6.45, 7) is 0.623. The van der Waals surface area contributed by atoms with Crippen molar-refractivity contribution in [3.05, 3.63) is 45.3 Å². The number of benzene rings is 1. The van der Waals surface area contributed by atoms with Gasteiger partial charge in [0, 0.05) is 29.4 Å². The molecule has 2 rings (SSSR count). The van der Waals surface area contributed by atoms with E-state index in [1.807, 2.05) is 0 Å². The van der Waals surface area contributed by atoms with Crippen molar-refractivity contribution >= 4 is 23.5 Å². The number of carbonyl (C=O) groups excluding carboxylic acids is 1. The molecule has 8 heteroatoms. The van der Waals surface area contributed by atoms with Crippen LogP contribution in [0.15, 0.2) is 29.4 Å². The number of halogens is 1. The first kappa shape index (κ1) is 16.1. The van der Waals surface area contributed by atoms with Gasteiger partial charge in [0.25, 0.3) is 0 Å². The van der Waals surface area contributed by atoms with Crippen LogP contribution in [0.5, 0.6) is 0 Å². The van der Waals surface area contributed by atoms with E-state index in [2.05, 4.69) is 10.0 Å². The number of hydrogen-bond acceptors (Lipinski definition) is 3. The predicted octanol–water partition coefficient (Wildman–Crippen LogP) is 3.01. The number of rotatable bonds is 6. The number of carbonyl (C=O) groups is 2. The van der Waals surface area contributed by atoms with Gasteiger partial charge in [-0.05, 0) is 29.1 Å². The molecule has 1 aliphatic heterocycles. The average Bonchev–Trinajstić information content (AvgIpc) is 2.84. The van der Waals surface area contributed by atoms with E-state index >= 15 is 0 Å². The van der Waals surface area contributed by atoms with Gasteiger partial charge in [0.2, 0.25) is 5.91 Å². The van der Waals surface area contributed by atoms with Gasteiger partial charge in [-0.3, -0.25) is 9.59 Å². The molecule has 1 aliphatic rings. The minimum absolute atomic E-state index is 0.0769. The largest absolute Gasteiger partial charge is 0.481 e. The molecule has 7 nitrogen and oxygen atoms in total. The molecule has 116 valence electrons. The summed E-state index contributed by atoms with van der Waals surface area (Å²) in [6, 6.07) is 6.25. The SMILES string of the molecule is [N-]=[N+]=NCC1CC(=O)N(C(CC(=O)O)c2ccc(Cl)cc2)C1. The molecule has 2 atom stereocenters. The fraction of sp³-hybridized carbons (Fsp3) is 0.429. The summed E-state index contributed by atoms with van der Waals surface area (Å²) in [5.74, 6) is -1.18. The Bertz CT molecular complexity index is 613. The lowest BCUT2D eigenvalue weighted by atomic mass is 10.0. The zero-order valence-corrected chi connectivity index (χ0v) is 12.5. The van der Waals surface area contributed by atoms with Crippen molar-refractivity contribution < 1.29 is 14.7 Å². The second-order valence-electron chi connectivity index (χ2n) is 5.19. The summed E-state index contributed by atoms with van der Waals surface area (Å²) >= 11 is 5.85. The Morgan fingerprint density at radius 2 is 2.18 bits per heavy atom. The highest BCUT2D eigenvalue weighted by Gasteiger charge is 2.35.